The van der Waals surface area contributed by atoms with E-state index in [-0.39, 0.29) is 17.9 Å². The quantitative estimate of drug-likeness (QED) is 0.703. The molecule has 0 N–H and O–H groups in total. The monoisotopic (exact) mass is 374 g/mol. The smallest absolute Gasteiger partial charge is 0.229 e. The van der Waals surface area contributed by atoms with Crippen molar-refractivity contribution < 1.29 is 4.79 Å². The lowest BCUT2D eigenvalue weighted by molar-refractivity contribution is -0.129. The van der Waals surface area contributed by atoms with Gasteiger partial charge in [0.1, 0.15) is 0 Å². The summed E-state index contributed by atoms with van der Waals surface area (Å²) >= 11 is 0. The zero-order valence-electron chi connectivity index (χ0n) is 15.6. The normalized spacial score (nSPS) is 33.5. The van der Waals surface area contributed by atoms with Gasteiger partial charge in [-0.2, -0.15) is 0 Å². The third kappa shape index (κ3) is 2.97. The molecule has 2 unspecified atom stereocenters. The molecule has 4 aliphatic rings. The van der Waals surface area contributed by atoms with Gasteiger partial charge >= 0.3 is 0 Å². The topological polar surface area (TPSA) is 23.6 Å². The fourth-order valence-electron chi connectivity index (χ4n) is 6.31. The first-order valence-electron chi connectivity index (χ1n) is 10.4. The number of hydrogen-bond acceptors (Lipinski definition) is 2. The minimum absolute atomic E-state index is 0. The third-order valence-corrected chi connectivity index (χ3v) is 7.68. The molecular formula is C22H31ClN2O. The number of rotatable bonds is 2. The summed E-state index contributed by atoms with van der Waals surface area (Å²) in [6.45, 7) is 2.36. The van der Waals surface area contributed by atoms with E-state index in [1.807, 2.05) is 18.2 Å². The molecule has 26 heavy (non-hydrogen) atoms. The second kappa shape index (κ2) is 7.16. The van der Waals surface area contributed by atoms with Crippen molar-refractivity contribution in [1.29, 1.82) is 0 Å². The van der Waals surface area contributed by atoms with E-state index in [4.69, 9.17) is 0 Å². The van der Waals surface area contributed by atoms with Gasteiger partial charge in [-0.05, 0) is 49.7 Å². The second-order valence-corrected chi connectivity index (χ2v) is 8.93. The number of anilines is 1. The standard InChI is InChI=1S/C22H30N2O.ClH/c25-21-16-22(24(21)19-8-2-1-3-9-19)10-12-23(13-11-22)20-14-17-6-4-5-7-18(17)15-20;/h1-3,8-9,17-18,20H,4-7,10-16H2;1H. The highest BCUT2D eigenvalue weighted by Gasteiger charge is 2.53. The van der Waals surface area contributed by atoms with E-state index in [0.717, 1.165) is 42.8 Å². The van der Waals surface area contributed by atoms with Crippen LogP contribution in [0.15, 0.2) is 30.3 Å². The molecular weight excluding hydrogens is 344 g/mol. The Kier molecular flexibility index (Phi) is 5.04. The number of para-hydroxylation sites is 1. The Labute approximate surface area is 163 Å². The van der Waals surface area contributed by atoms with Gasteiger partial charge in [0, 0.05) is 24.8 Å². The highest BCUT2D eigenvalue weighted by Crippen LogP contribution is 2.47. The first kappa shape index (κ1) is 18.3. The Balaban J connectivity index is 0.00000168. The molecule has 1 aromatic rings. The van der Waals surface area contributed by atoms with E-state index < -0.39 is 0 Å². The fraction of sp³-hybridized carbons (Fsp3) is 0.682. The molecule has 4 fully saturated rings. The van der Waals surface area contributed by atoms with Crippen LogP contribution < -0.4 is 4.90 Å². The zero-order valence-corrected chi connectivity index (χ0v) is 16.4. The first-order valence-corrected chi connectivity index (χ1v) is 10.4. The highest BCUT2D eigenvalue weighted by molar-refractivity contribution is 6.02. The molecule has 2 heterocycles. The average molecular weight is 375 g/mol. The minimum Gasteiger partial charge on any atom is -0.306 e. The van der Waals surface area contributed by atoms with Gasteiger partial charge in [0.15, 0.2) is 0 Å². The zero-order chi connectivity index (χ0) is 16.9. The van der Waals surface area contributed by atoms with Gasteiger partial charge in [-0.15, -0.1) is 12.4 Å². The average Bonchev–Trinajstić information content (AvgIpc) is 3.07. The molecule has 2 aliphatic carbocycles. The lowest BCUT2D eigenvalue weighted by atomic mass is 9.75. The molecule has 1 aromatic carbocycles. The number of fused-ring (bicyclic) bond motifs is 1. The van der Waals surface area contributed by atoms with Gasteiger partial charge in [-0.1, -0.05) is 43.9 Å². The van der Waals surface area contributed by atoms with Crippen molar-refractivity contribution in [2.24, 2.45) is 11.8 Å². The lowest BCUT2D eigenvalue weighted by Crippen LogP contribution is -2.68. The van der Waals surface area contributed by atoms with E-state index >= 15 is 0 Å². The number of carbonyl (C=O) groups excluding carboxylic acids is 1. The van der Waals surface area contributed by atoms with Crippen LogP contribution in [-0.4, -0.2) is 35.5 Å². The molecule has 1 amide bonds. The molecule has 0 bridgehead atoms. The Morgan fingerprint density at radius 2 is 1.54 bits per heavy atom. The number of β-lactam (4-membered cyclic amide) rings is 1. The van der Waals surface area contributed by atoms with Gasteiger partial charge in [0.2, 0.25) is 5.91 Å². The van der Waals surface area contributed by atoms with Gasteiger partial charge in [-0.3, -0.25) is 4.79 Å². The van der Waals surface area contributed by atoms with Gasteiger partial charge in [0.05, 0.1) is 12.0 Å². The summed E-state index contributed by atoms with van der Waals surface area (Å²) in [5, 5.41) is 0. The molecule has 3 nitrogen and oxygen atoms in total. The molecule has 4 heteroatoms. The van der Waals surface area contributed by atoms with Crippen LogP contribution in [0, 0.1) is 11.8 Å². The van der Waals surface area contributed by atoms with Gasteiger partial charge in [0.25, 0.3) is 0 Å². The molecule has 142 valence electrons. The van der Waals surface area contributed by atoms with Crippen molar-refractivity contribution in [2.45, 2.75) is 69.4 Å². The van der Waals surface area contributed by atoms with Crippen LogP contribution in [0.25, 0.3) is 0 Å². The van der Waals surface area contributed by atoms with Crippen molar-refractivity contribution in [1.82, 2.24) is 4.90 Å². The SMILES string of the molecule is Cl.O=C1CC2(CCN(C3CC4CCCCC4C3)CC2)N1c1ccccc1. The van der Waals surface area contributed by atoms with Crippen molar-refractivity contribution in [3.8, 4) is 0 Å². The van der Waals surface area contributed by atoms with Crippen molar-refractivity contribution in [3.05, 3.63) is 30.3 Å². The summed E-state index contributed by atoms with van der Waals surface area (Å²) in [7, 11) is 0. The van der Waals surface area contributed by atoms with Crippen LogP contribution in [-0.2, 0) is 4.79 Å². The maximum absolute atomic E-state index is 12.3. The largest absolute Gasteiger partial charge is 0.306 e. The van der Waals surface area contributed by atoms with Crippen LogP contribution in [0.2, 0.25) is 0 Å². The van der Waals surface area contributed by atoms with E-state index in [1.54, 1.807) is 0 Å². The first-order chi connectivity index (χ1) is 12.3. The maximum atomic E-state index is 12.3. The van der Waals surface area contributed by atoms with Crippen LogP contribution in [0.4, 0.5) is 5.69 Å². The van der Waals surface area contributed by atoms with Crippen LogP contribution in [0.5, 0.6) is 0 Å². The summed E-state index contributed by atoms with van der Waals surface area (Å²) < 4.78 is 0. The fourth-order valence-corrected chi connectivity index (χ4v) is 6.31. The summed E-state index contributed by atoms with van der Waals surface area (Å²) in [5.41, 5.74) is 1.21. The Bertz CT molecular complexity index is 627. The molecule has 5 rings (SSSR count). The summed E-state index contributed by atoms with van der Waals surface area (Å²) in [6.07, 6.45) is 11.8. The molecule has 2 saturated carbocycles. The number of carbonyl (C=O) groups is 1. The highest BCUT2D eigenvalue weighted by atomic mass is 35.5. The van der Waals surface area contributed by atoms with Crippen LogP contribution >= 0.6 is 12.4 Å². The van der Waals surface area contributed by atoms with Crippen LogP contribution in [0.3, 0.4) is 0 Å². The Morgan fingerprint density at radius 3 is 2.12 bits per heavy atom. The lowest BCUT2D eigenvalue weighted by Gasteiger charge is -2.56. The molecule has 1 spiro atoms. The van der Waals surface area contributed by atoms with Crippen molar-refractivity contribution >= 4 is 24.0 Å². The summed E-state index contributed by atoms with van der Waals surface area (Å²) in [6, 6.07) is 11.1. The summed E-state index contributed by atoms with van der Waals surface area (Å²) in [5.74, 6) is 2.34. The number of halogens is 1. The minimum atomic E-state index is 0. The molecule has 0 aromatic heterocycles. The number of nitrogens with zero attached hydrogens (tertiary/aromatic N) is 2. The molecule has 2 atom stereocenters. The number of hydrogen-bond donors (Lipinski definition) is 0. The van der Waals surface area contributed by atoms with E-state index in [9.17, 15) is 4.79 Å². The predicted molar refractivity (Wildman–Crippen MR) is 108 cm³/mol. The van der Waals surface area contributed by atoms with Gasteiger partial charge in [-0.25, -0.2) is 0 Å². The van der Waals surface area contributed by atoms with Crippen LogP contribution in [0.1, 0.15) is 57.8 Å². The Morgan fingerprint density at radius 1 is 0.923 bits per heavy atom. The maximum Gasteiger partial charge on any atom is 0.229 e. The molecule has 2 saturated heterocycles. The van der Waals surface area contributed by atoms with Crippen molar-refractivity contribution in [3.63, 3.8) is 0 Å². The van der Waals surface area contributed by atoms with Crippen molar-refractivity contribution in [2.75, 3.05) is 18.0 Å². The predicted octanol–water partition coefficient (Wildman–Crippen LogP) is 4.65. The number of amides is 1. The second-order valence-electron chi connectivity index (χ2n) is 8.93. The Hall–Kier alpha value is -1.06. The third-order valence-electron chi connectivity index (χ3n) is 7.68. The van der Waals surface area contributed by atoms with E-state index in [1.165, 1.54) is 51.6 Å². The number of likely N-dealkylation sites (tertiary alicyclic amines) is 1. The number of piperidine rings is 1. The molecule has 2 aliphatic heterocycles. The van der Waals surface area contributed by atoms with E-state index in [2.05, 4.69) is 21.9 Å². The number of benzene rings is 1. The van der Waals surface area contributed by atoms with E-state index in [0.29, 0.717) is 5.91 Å². The summed E-state index contributed by atoms with van der Waals surface area (Å²) in [4.78, 5) is 17.2. The van der Waals surface area contributed by atoms with Gasteiger partial charge < -0.3 is 9.80 Å². The molecule has 0 radical (unpaired) electrons.